The van der Waals surface area contributed by atoms with Gasteiger partial charge in [0.05, 0.1) is 13.2 Å². The largest absolute Gasteiger partial charge is 0.376 e. The first-order valence-corrected chi connectivity index (χ1v) is 10.6. The molecule has 150 valence electrons. The third kappa shape index (κ3) is 6.22. The van der Waals surface area contributed by atoms with Gasteiger partial charge in [-0.15, -0.1) is 0 Å². The molecule has 0 saturated carbocycles. The predicted molar refractivity (Wildman–Crippen MR) is 112 cm³/mol. The van der Waals surface area contributed by atoms with Crippen LogP contribution in [-0.2, 0) is 11.3 Å². The number of ether oxygens (including phenoxy) is 1. The molecule has 1 N–H and O–H groups in total. The molecule has 5 nitrogen and oxygen atoms in total. The molecule has 0 spiro atoms. The van der Waals surface area contributed by atoms with Gasteiger partial charge in [-0.1, -0.05) is 37.3 Å². The Morgan fingerprint density at radius 1 is 1.15 bits per heavy atom. The van der Waals surface area contributed by atoms with Crippen LogP contribution < -0.4 is 5.32 Å². The number of aliphatic imine (C=N–C) groups is 1. The predicted octanol–water partition coefficient (Wildman–Crippen LogP) is 2.83. The fraction of sp³-hybridized carbons (Fsp3) is 0.682. The van der Waals surface area contributed by atoms with Crippen molar-refractivity contribution in [2.45, 2.75) is 32.8 Å². The van der Waals surface area contributed by atoms with Crippen molar-refractivity contribution in [3.63, 3.8) is 0 Å². The van der Waals surface area contributed by atoms with Crippen LogP contribution in [0.3, 0.4) is 0 Å². The first kappa shape index (κ1) is 20.2. The van der Waals surface area contributed by atoms with E-state index in [0.29, 0.717) is 12.5 Å². The van der Waals surface area contributed by atoms with Crippen LogP contribution >= 0.6 is 0 Å². The van der Waals surface area contributed by atoms with Gasteiger partial charge in [-0.05, 0) is 43.8 Å². The summed E-state index contributed by atoms with van der Waals surface area (Å²) in [6.45, 7) is 10.7. The molecule has 0 bridgehead atoms. The van der Waals surface area contributed by atoms with E-state index in [2.05, 4.69) is 51.3 Å². The number of hydrogen-bond donors (Lipinski definition) is 1. The molecule has 5 heteroatoms. The summed E-state index contributed by atoms with van der Waals surface area (Å²) in [5.41, 5.74) is 1.25. The number of likely N-dealkylation sites (tertiary alicyclic amines) is 2. The quantitative estimate of drug-likeness (QED) is 0.563. The lowest BCUT2D eigenvalue weighted by atomic mass is 10.1. The first-order chi connectivity index (χ1) is 13.3. The molecule has 0 amide bonds. The summed E-state index contributed by atoms with van der Waals surface area (Å²) in [6.07, 6.45) is 3.74. The van der Waals surface area contributed by atoms with Gasteiger partial charge in [0.25, 0.3) is 0 Å². The third-order valence-corrected chi connectivity index (χ3v) is 5.72. The molecule has 3 rings (SSSR count). The number of guanidine groups is 1. The van der Waals surface area contributed by atoms with Gasteiger partial charge in [-0.25, -0.2) is 0 Å². The van der Waals surface area contributed by atoms with E-state index in [0.717, 1.165) is 38.1 Å². The zero-order valence-corrected chi connectivity index (χ0v) is 17.1. The molecule has 0 radical (unpaired) electrons. The van der Waals surface area contributed by atoms with Gasteiger partial charge in [0.15, 0.2) is 5.96 Å². The summed E-state index contributed by atoms with van der Waals surface area (Å²) in [7, 11) is 1.90. The number of rotatable bonds is 8. The van der Waals surface area contributed by atoms with Crippen molar-refractivity contribution in [2.24, 2.45) is 16.8 Å². The van der Waals surface area contributed by atoms with E-state index >= 15 is 0 Å². The molecule has 27 heavy (non-hydrogen) atoms. The van der Waals surface area contributed by atoms with Crippen LogP contribution in [0, 0.1) is 11.8 Å². The summed E-state index contributed by atoms with van der Waals surface area (Å²) >= 11 is 0. The van der Waals surface area contributed by atoms with E-state index in [1.54, 1.807) is 0 Å². The van der Waals surface area contributed by atoms with Gasteiger partial charge in [0, 0.05) is 39.1 Å². The lowest BCUT2D eigenvalue weighted by Gasteiger charge is -2.23. The average Bonchev–Trinajstić information content (AvgIpc) is 3.34. The highest BCUT2D eigenvalue weighted by molar-refractivity contribution is 5.80. The standard InChI is InChI=1S/C22H36N4O/c1-3-11-25-12-9-20(15-25)14-24-22(23-2)26-13-10-21(16-26)18-27-17-19-7-5-4-6-8-19/h4-8,20-21H,3,9-18H2,1-2H3,(H,23,24). The van der Waals surface area contributed by atoms with Crippen LogP contribution in [0.4, 0.5) is 0 Å². The van der Waals surface area contributed by atoms with Crippen LogP contribution in [-0.4, -0.2) is 68.7 Å². The summed E-state index contributed by atoms with van der Waals surface area (Å²) in [5.74, 6) is 2.41. The lowest BCUT2D eigenvalue weighted by Crippen LogP contribution is -2.42. The molecule has 2 aliphatic rings. The highest BCUT2D eigenvalue weighted by Gasteiger charge is 2.26. The summed E-state index contributed by atoms with van der Waals surface area (Å²) in [6, 6.07) is 10.4. The second kappa shape index (κ2) is 10.7. The maximum absolute atomic E-state index is 5.95. The van der Waals surface area contributed by atoms with Gasteiger partial charge in [0.2, 0.25) is 0 Å². The van der Waals surface area contributed by atoms with Crippen molar-refractivity contribution >= 4 is 5.96 Å². The van der Waals surface area contributed by atoms with Crippen LogP contribution in [0.2, 0.25) is 0 Å². The fourth-order valence-corrected chi connectivity index (χ4v) is 4.25. The van der Waals surface area contributed by atoms with Crippen molar-refractivity contribution in [1.82, 2.24) is 15.1 Å². The van der Waals surface area contributed by atoms with Crippen LogP contribution in [0.25, 0.3) is 0 Å². The van der Waals surface area contributed by atoms with E-state index in [1.165, 1.54) is 44.5 Å². The minimum atomic E-state index is 0.596. The molecular weight excluding hydrogens is 336 g/mol. The Morgan fingerprint density at radius 2 is 1.96 bits per heavy atom. The molecule has 2 aliphatic heterocycles. The topological polar surface area (TPSA) is 40.1 Å². The van der Waals surface area contributed by atoms with Crippen molar-refractivity contribution in [3.8, 4) is 0 Å². The first-order valence-electron chi connectivity index (χ1n) is 10.6. The Kier molecular flexibility index (Phi) is 7.96. The molecule has 2 saturated heterocycles. The number of nitrogens with zero attached hydrogens (tertiary/aromatic N) is 3. The van der Waals surface area contributed by atoms with Crippen molar-refractivity contribution in [3.05, 3.63) is 35.9 Å². The number of hydrogen-bond acceptors (Lipinski definition) is 3. The number of benzene rings is 1. The van der Waals surface area contributed by atoms with Gasteiger partial charge >= 0.3 is 0 Å². The Bertz CT molecular complexity index is 577. The zero-order valence-electron chi connectivity index (χ0n) is 17.1. The van der Waals surface area contributed by atoms with E-state index in [4.69, 9.17) is 4.74 Å². The molecular formula is C22H36N4O. The molecule has 0 aliphatic carbocycles. The second-order valence-electron chi connectivity index (χ2n) is 7.98. The molecule has 2 unspecified atom stereocenters. The van der Waals surface area contributed by atoms with E-state index in [9.17, 15) is 0 Å². The van der Waals surface area contributed by atoms with Crippen molar-refractivity contribution in [1.29, 1.82) is 0 Å². The fourth-order valence-electron chi connectivity index (χ4n) is 4.25. The third-order valence-electron chi connectivity index (χ3n) is 5.72. The van der Waals surface area contributed by atoms with Crippen LogP contribution in [0.1, 0.15) is 31.7 Å². The molecule has 2 heterocycles. The Balaban J connectivity index is 1.35. The highest BCUT2D eigenvalue weighted by atomic mass is 16.5. The monoisotopic (exact) mass is 372 g/mol. The molecule has 2 fully saturated rings. The Hall–Kier alpha value is -1.59. The smallest absolute Gasteiger partial charge is 0.193 e. The van der Waals surface area contributed by atoms with E-state index < -0.39 is 0 Å². The van der Waals surface area contributed by atoms with Gasteiger partial charge < -0.3 is 19.9 Å². The normalized spacial score (nSPS) is 23.9. The molecule has 2 atom stereocenters. The minimum Gasteiger partial charge on any atom is -0.376 e. The molecule has 1 aromatic rings. The number of nitrogens with one attached hydrogen (secondary N) is 1. The minimum absolute atomic E-state index is 0.596. The van der Waals surface area contributed by atoms with Crippen molar-refractivity contribution < 1.29 is 4.74 Å². The molecule has 1 aromatic carbocycles. The lowest BCUT2D eigenvalue weighted by molar-refractivity contribution is 0.0906. The van der Waals surface area contributed by atoms with Crippen LogP contribution in [0.5, 0.6) is 0 Å². The maximum Gasteiger partial charge on any atom is 0.193 e. The van der Waals surface area contributed by atoms with Crippen LogP contribution in [0.15, 0.2) is 35.3 Å². The van der Waals surface area contributed by atoms with Crippen molar-refractivity contribution in [2.75, 3.05) is 52.9 Å². The summed E-state index contributed by atoms with van der Waals surface area (Å²) in [5, 5.41) is 3.63. The second-order valence-corrected chi connectivity index (χ2v) is 7.98. The van der Waals surface area contributed by atoms with Gasteiger partial charge in [-0.2, -0.15) is 0 Å². The zero-order chi connectivity index (χ0) is 18.9. The highest BCUT2D eigenvalue weighted by Crippen LogP contribution is 2.19. The Morgan fingerprint density at radius 3 is 2.74 bits per heavy atom. The van der Waals surface area contributed by atoms with Gasteiger partial charge in [0.1, 0.15) is 0 Å². The Labute approximate surface area is 164 Å². The average molecular weight is 373 g/mol. The van der Waals surface area contributed by atoms with E-state index in [1.807, 2.05) is 13.1 Å². The summed E-state index contributed by atoms with van der Waals surface area (Å²) in [4.78, 5) is 9.51. The van der Waals surface area contributed by atoms with Gasteiger partial charge in [-0.3, -0.25) is 4.99 Å². The SMILES string of the molecule is CCCN1CCC(CNC(=NC)N2CCC(COCc3ccccc3)C2)C1. The van der Waals surface area contributed by atoms with E-state index in [-0.39, 0.29) is 0 Å². The summed E-state index contributed by atoms with van der Waals surface area (Å²) < 4.78 is 5.95. The molecule has 0 aromatic heterocycles. The maximum atomic E-state index is 5.95.